The summed E-state index contributed by atoms with van der Waals surface area (Å²) in [4.78, 5) is 4.30. The third kappa shape index (κ3) is 2.71. The summed E-state index contributed by atoms with van der Waals surface area (Å²) in [6, 6.07) is 5.84. The normalized spacial score (nSPS) is 10.7. The van der Waals surface area contributed by atoms with Gasteiger partial charge in [-0.2, -0.15) is 5.10 Å². The summed E-state index contributed by atoms with van der Waals surface area (Å²) < 4.78 is 1.88. The molecule has 17 heavy (non-hydrogen) atoms. The lowest BCUT2D eigenvalue weighted by Crippen LogP contribution is -2.14. The molecule has 0 saturated carbocycles. The number of aromatic nitrogens is 3. The fourth-order valence-electron chi connectivity index (χ4n) is 1.73. The van der Waals surface area contributed by atoms with Crippen LogP contribution >= 0.6 is 0 Å². The maximum absolute atomic E-state index is 4.38. The zero-order valence-electron chi connectivity index (χ0n) is 10.3. The van der Waals surface area contributed by atoms with E-state index in [1.807, 2.05) is 29.1 Å². The van der Waals surface area contributed by atoms with Crippen LogP contribution in [0.3, 0.4) is 0 Å². The van der Waals surface area contributed by atoms with Crippen LogP contribution in [-0.4, -0.2) is 21.3 Å². The van der Waals surface area contributed by atoms with Gasteiger partial charge in [0.25, 0.3) is 0 Å². The van der Waals surface area contributed by atoms with E-state index in [-0.39, 0.29) is 0 Å². The summed E-state index contributed by atoms with van der Waals surface area (Å²) in [5.41, 5.74) is 2.37. The molecule has 0 aliphatic rings. The molecule has 0 aliphatic heterocycles. The van der Waals surface area contributed by atoms with E-state index >= 15 is 0 Å². The zero-order chi connectivity index (χ0) is 12.1. The highest BCUT2D eigenvalue weighted by Gasteiger charge is 2.07. The molecule has 0 aliphatic carbocycles. The topological polar surface area (TPSA) is 42.7 Å². The van der Waals surface area contributed by atoms with Crippen molar-refractivity contribution in [2.45, 2.75) is 26.8 Å². The maximum atomic E-state index is 4.38. The van der Waals surface area contributed by atoms with Crippen LogP contribution in [0.5, 0.6) is 0 Å². The molecule has 0 saturated heterocycles. The number of pyridine rings is 1. The first kappa shape index (κ1) is 11.8. The van der Waals surface area contributed by atoms with Gasteiger partial charge in [-0.1, -0.05) is 13.0 Å². The van der Waals surface area contributed by atoms with Crippen molar-refractivity contribution in [1.82, 2.24) is 20.1 Å². The number of nitrogens with one attached hydrogen (secondary N) is 1. The van der Waals surface area contributed by atoms with E-state index in [4.69, 9.17) is 0 Å². The Morgan fingerprint density at radius 1 is 1.35 bits per heavy atom. The van der Waals surface area contributed by atoms with Gasteiger partial charge in [-0.25, -0.2) is 9.67 Å². The molecule has 0 aromatic carbocycles. The summed E-state index contributed by atoms with van der Waals surface area (Å²) in [6.07, 6.45) is 4.84. The lowest BCUT2D eigenvalue weighted by atomic mass is 10.2. The van der Waals surface area contributed by atoms with E-state index in [1.165, 1.54) is 5.56 Å². The number of hydrogen-bond donors (Lipinski definition) is 1. The lowest BCUT2D eigenvalue weighted by Gasteiger charge is -2.05. The summed E-state index contributed by atoms with van der Waals surface area (Å²) in [6.45, 7) is 6.14. The first-order chi connectivity index (χ1) is 8.33. The SMILES string of the molecule is CCCNCc1cnn(-c2ccccn2)c1C. The van der Waals surface area contributed by atoms with Gasteiger partial charge in [0.05, 0.1) is 6.20 Å². The van der Waals surface area contributed by atoms with Crippen molar-refractivity contribution >= 4 is 0 Å². The Morgan fingerprint density at radius 3 is 2.94 bits per heavy atom. The smallest absolute Gasteiger partial charge is 0.153 e. The Labute approximate surface area is 102 Å². The molecule has 2 aromatic heterocycles. The molecule has 0 spiro atoms. The average molecular weight is 230 g/mol. The van der Waals surface area contributed by atoms with Gasteiger partial charge in [0.1, 0.15) is 0 Å². The molecule has 90 valence electrons. The second-order valence-electron chi connectivity index (χ2n) is 4.03. The molecule has 2 aromatic rings. The molecule has 0 bridgehead atoms. The van der Waals surface area contributed by atoms with Crippen LogP contribution in [0.25, 0.3) is 5.82 Å². The first-order valence-corrected chi connectivity index (χ1v) is 5.98. The Kier molecular flexibility index (Phi) is 3.88. The molecule has 2 heterocycles. The van der Waals surface area contributed by atoms with Crippen molar-refractivity contribution in [3.63, 3.8) is 0 Å². The van der Waals surface area contributed by atoms with Gasteiger partial charge in [0.15, 0.2) is 5.82 Å². The summed E-state index contributed by atoms with van der Waals surface area (Å²) in [7, 11) is 0. The van der Waals surface area contributed by atoms with Gasteiger partial charge < -0.3 is 5.32 Å². The highest BCUT2D eigenvalue weighted by Crippen LogP contribution is 2.11. The fourth-order valence-corrected chi connectivity index (χ4v) is 1.73. The van der Waals surface area contributed by atoms with Crippen LogP contribution < -0.4 is 5.32 Å². The van der Waals surface area contributed by atoms with Crippen LogP contribution in [-0.2, 0) is 6.54 Å². The number of nitrogens with zero attached hydrogens (tertiary/aromatic N) is 3. The highest BCUT2D eigenvalue weighted by molar-refractivity contribution is 5.27. The van der Waals surface area contributed by atoms with Gasteiger partial charge in [0.2, 0.25) is 0 Å². The highest BCUT2D eigenvalue weighted by atomic mass is 15.3. The van der Waals surface area contributed by atoms with Crippen molar-refractivity contribution < 1.29 is 0 Å². The predicted octanol–water partition coefficient (Wildman–Crippen LogP) is 2.08. The molecule has 0 atom stereocenters. The molecular formula is C13H18N4. The molecule has 0 radical (unpaired) electrons. The second kappa shape index (κ2) is 5.59. The van der Waals surface area contributed by atoms with Gasteiger partial charge in [-0.15, -0.1) is 0 Å². The molecule has 4 heteroatoms. The Balaban J connectivity index is 2.15. The molecule has 0 amide bonds. The summed E-state index contributed by atoms with van der Waals surface area (Å²) >= 11 is 0. The van der Waals surface area contributed by atoms with E-state index < -0.39 is 0 Å². The third-order valence-electron chi connectivity index (χ3n) is 2.72. The summed E-state index contributed by atoms with van der Waals surface area (Å²) in [5.74, 6) is 0.867. The molecule has 0 unspecified atom stereocenters. The van der Waals surface area contributed by atoms with Crippen LogP contribution in [0.1, 0.15) is 24.6 Å². The van der Waals surface area contributed by atoms with Crippen molar-refractivity contribution in [2.24, 2.45) is 0 Å². The largest absolute Gasteiger partial charge is 0.313 e. The molecule has 1 N–H and O–H groups in total. The van der Waals surface area contributed by atoms with Gasteiger partial charge in [0, 0.05) is 24.0 Å². The van der Waals surface area contributed by atoms with E-state index in [0.717, 1.165) is 31.0 Å². The quantitative estimate of drug-likeness (QED) is 0.800. The first-order valence-electron chi connectivity index (χ1n) is 5.98. The van der Waals surface area contributed by atoms with E-state index in [1.54, 1.807) is 6.20 Å². The van der Waals surface area contributed by atoms with Crippen LogP contribution in [0.4, 0.5) is 0 Å². The predicted molar refractivity (Wildman–Crippen MR) is 68.1 cm³/mol. The minimum Gasteiger partial charge on any atom is -0.313 e. The van der Waals surface area contributed by atoms with Gasteiger partial charge in [-0.05, 0) is 32.0 Å². The maximum Gasteiger partial charge on any atom is 0.153 e. The van der Waals surface area contributed by atoms with Gasteiger partial charge >= 0.3 is 0 Å². The Hall–Kier alpha value is -1.68. The molecular weight excluding hydrogens is 212 g/mol. The minimum atomic E-state index is 0.867. The van der Waals surface area contributed by atoms with E-state index in [2.05, 4.69) is 29.2 Å². The molecule has 0 fully saturated rings. The standard InChI is InChI=1S/C13H18N4/c1-3-7-14-9-12-10-16-17(11(12)2)13-6-4-5-8-15-13/h4-6,8,10,14H,3,7,9H2,1-2H3. The minimum absolute atomic E-state index is 0.867. The third-order valence-corrected chi connectivity index (χ3v) is 2.72. The van der Waals surface area contributed by atoms with E-state index in [0.29, 0.717) is 0 Å². The van der Waals surface area contributed by atoms with E-state index in [9.17, 15) is 0 Å². The van der Waals surface area contributed by atoms with Crippen molar-refractivity contribution in [3.8, 4) is 5.82 Å². The Morgan fingerprint density at radius 2 is 2.24 bits per heavy atom. The fraction of sp³-hybridized carbons (Fsp3) is 0.385. The van der Waals surface area contributed by atoms with Gasteiger partial charge in [-0.3, -0.25) is 0 Å². The average Bonchev–Trinajstić information content (AvgIpc) is 2.73. The molecule has 2 rings (SSSR count). The second-order valence-corrected chi connectivity index (χ2v) is 4.03. The van der Waals surface area contributed by atoms with Crippen molar-refractivity contribution in [3.05, 3.63) is 41.9 Å². The van der Waals surface area contributed by atoms with Crippen molar-refractivity contribution in [1.29, 1.82) is 0 Å². The number of rotatable bonds is 5. The van der Waals surface area contributed by atoms with Crippen LogP contribution in [0, 0.1) is 6.92 Å². The zero-order valence-corrected chi connectivity index (χ0v) is 10.3. The summed E-state index contributed by atoms with van der Waals surface area (Å²) in [5, 5.41) is 7.76. The van der Waals surface area contributed by atoms with Crippen LogP contribution in [0.2, 0.25) is 0 Å². The Bertz CT molecular complexity index is 462. The lowest BCUT2D eigenvalue weighted by molar-refractivity contribution is 0.672. The number of hydrogen-bond acceptors (Lipinski definition) is 3. The monoisotopic (exact) mass is 230 g/mol. The van der Waals surface area contributed by atoms with Crippen LogP contribution in [0.15, 0.2) is 30.6 Å². The van der Waals surface area contributed by atoms with Crippen molar-refractivity contribution in [2.75, 3.05) is 6.54 Å². The molecule has 4 nitrogen and oxygen atoms in total.